The molecule has 0 bridgehead atoms. The molecule has 0 saturated carbocycles. The molecule has 0 aliphatic rings. The second-order valence-electron chi connectivity index (χ2n) is 0. The van der Waals surface area contributed by atoms with E-state index in [9.17, 15) is 0 Å². The summed E-state index contributed by atoms with van der Waals surface area (Å²) in [7, 11) is 0. The van der Waals surface area contributed by atoms with Crippen LogP contribution in [0.5, 0.6) is 0 Å². The van der Waals surface area contributed by atoms with Crippen molar-refractivity contribution in [3.05, 3.63) is 0 Å². The van der Waals surface area contributed by atoms with E-state index < -0.39 is 0 Å². The van der Waals surface area contributed by atoms with Crippen LogP contribution in [0.3, 0.4) is 0 Å². The van der Waals surface area contributed by atoms with E-state index in [1.165, 1.54) is 0 Å². The monoisotopic (exact) mass is 224 g/mol. The largest absolute Gasteiger partial charge is 4.00 e. The number of rotatable bonds is 0. The van der Waals surface area contributed by atoms with Crippen molar-refractivity contribution < 1.29 is 53.6 Å². The van der Waals surface area contributed by atoms with Gasteiger partial charge in [-0.3, -0.25) is 0 Å². The van der Waals surface area contributed by atoms with E-state index >= 15 is 0 Å². The molecule has 0 aliphatic heterocycles. The number of hydrogen-bond donors (Lipinski definition) is 0. The van der Waals surface area contributed by atoms with Gasteiger partial charge in [-0.25, -0.2) is 0 Å². The van der Waals surface area contributed by atoms with Crippen LogP contribution in [0.15, 0.2) is 0 Å². The maximum absolute atomic E-state index is 0. The van der Waals surface area contributed by atoms with E-state index in [0.29, 0.717) is 0 Å². The van der Waals surface area contributed by atoms with Gasteiger partial charge in [-0.05, 0) is 0 Å². The molecule has 8 heavy (non-hydrogen) atoms. The van der Waals surface area contributed by atoms with E-state index in [0.717, 1.165) is 0 Å². The molecule has 0 unspecified atom stereocenters. The molecular formula is Al2O5Zr. The summed E-state index contributed by atoms with van der Waals surface area (Å²) in [4.78, 5) is 0. The summed E-state index contributed by atoms with van der Waals surface area (Å²) < 4.78 is 0. The van der Waals surface area contributed by atoms with Gasteiger partial charge in [-0.1, -0.05) is 0 Å². The maximum Gasteiger partial charge on any atom is 4.00 e. The molecule has 8 heteroatoms. The van der Waals surface area contributed by atoms with E-state index in [1.807, 2.05) is 0 Å². The van der Waals surface area contributed by atoms with Gasteiger partial charge in [0.1, 0.15) is 0 Å². The normalized spacial score (nSPS) is 0. The van der Waals surface area contributed by atoms with Crippen LogP contribution in [0.4, 0.5) is 0 Å². The molecule has 0 heterocycles. The Morgan fingerprint density at radius 2 is 0.375 bits per heavy atom. The van der Waals surface area contributed by atoms with Crippen LogP contribution in [-0.4, -0.2) is 34.7 Å². The van der Waals surface area contributed by atoms with Crippen molar-refractivity contribution >= 4 is 34.7 Å². The van der Waals surface area contributed by atoms with Crippen LogP contribution in [0.1, 0.15) is 0 Å². The van der Waals surface area contributed by atoms with Gasteiger partial charge < -0.3 is 27.4 Å². The van der Waals surface area contributed by atoms with Gasteiger partial charge in [0, 0.05) is 0 Å². The summed E-state index contributed by atoms with van der Waals surface area (Å²) in [6.45, 7) is 0. The van der Waals surface area contributed by atoms with E-state index in [1.54, 1.807) is 0 Å². The van der Waals surface area contributed by atoms with Crippen molar-refractivity contribution in [1.82, 2.24) is 0 Å². The fourth-order valence-electron chi connectivity index (χ4n) is 0. The first-order chi connectivity index (χ1) is 0. The van der Waals surface area contributed by atoms with Crippen LogP contribution >= 0.6 is 0 Å². The first-order valence-electron chi connectivity index (χ1n) is 0. The summed E-state index contributed by atoms with van der Waals surface area (Å²) in [5, 5.41) is 0. The molecular weight excluding hydrogens is 225 g/mol. The van der Waals surface area contributed by atoms with Crippen LogP contribution in [0, 0.1) is 0 Å². The van der Waals surface area contributed by atoms with Crippen molar-refractivity contribution in [2.75, 3.05) is 0 Å². The smallest absolute Gasteiger partial charge is 2.00 e. The third kappa shape index (κ3) is 115. The van der Waals surface area contributed by atoms with Gasteiger partial charge in [-0.2, -0.15) is 0 Å². The Morgan fingerprint density at radius 1 is 0.375 bits per heavy atom. The third-order valence-corrected chi connectivity index (χ3v) is 0. The fourth-order valence-corrected chi connectivity index (χ4v) is 0. The molecule has 0 N–H and O–H groups in total. The average molecular weight is 225 g/mol. The summed E-state index contributed by atoms with van der Waals surface area (Å²) in [5.41, 5.74) is 0. The zero-order chi connectivity index (χ0) is 0. The molecule has 0 saturated heterocycles. The Morgan fingerprint density at radius 3 is 0.375 bits per heavy atom. The topological polar surface area (TPSA) is 142 Å². The summed E-state index contributed by atoms with van der Waals surface area (Å²) >= 11 is 0. The molecule has 0 atom stereocenters. The average Bonchev–Trinajstić information content (AvgIpc) is 0. The van der Waals surface area contributed by atoms with Gasteiger partial charge >= 0.3 is 60.9 Å². The van der Waals surface area contributed by atoms with E-state index in [-0.39, 0.29) is 88.3 Å². The fraction of sp³-hybridized carbons (Fsp3) is 0. The molecule has 0 rings (SSSR count). The second kappa shape index (κ2) is 172. The Labute approximate surface area is 87.8 Å². The van der Waals surface area contributed by atoms with Crippen LogP contribution in [0.25, 0.3) is 0 Å². The molecule has 0 aromatic rings. The minimum absolute atomic E-state index is 0. The van der Waals surface area contributed by atoms with Gasteiger partial charge in [-0.15, -0.1) is 0 Å². The van der Waals surface area contributed by atoms with Gasteiger partial charge in [0.25, 0.3) is 0 Å². The first kappa shape index (κ1) is 244. The second-order valence-corrected chi connectivity index (χ2v) is 0. The third-order valence-electron chi connectivity index (χ3n) is 0. The van der Waals surface area contributed by atoms with Gasteiger partial charge in [0.2, 0.25) is 0 Å². The van der Waals surface area contributed by atoms with Crippen molar-refractivity contribution in [2.45, 2.75) is 0 Å². The molecule has 0 radical (unpaired) electrons. The maximum atomic E-state index is 0. The van der Waals surface area contributed by atoms with Crippen molar-refractivity contribution in [3.8, 4) is 0 Å². The van der Waals surface area contributed by atoms with Crippen molar-refractivity contribution in [2.24, 2.45) is 0 Å². The Kier molecular flexibility index (Phi) is 5240. The van der Waals surface area contributed by atoms with Crippen LogP contribution in [-0.2, 0) is 53.6 Å². The molecule has 0 amide bonds. The molecule has 0 aromatic heterocycles. The molecule has 0 spiro atoms. The Hall–Kier alpha value is 1.75. The minimum Gasteiger partial charge on any atom is -2.00 e. The summed E-state index contributed by atoms with van der Waals surface area (Å²) in [5.74, 6) is 0. The zero-order valence-electron chi connectivity index (χ0n) is 3.70. The van der Waals surface area contributed by atoms with Gasteiger partial charge in [0.15, 0.2) is 0 Å². The van der Waals surface area contributed by atoms with Crippen LogP contribution < -0.4 is 0 Å². The van der Waals surface area contributed by atoms with E-state index in [4.69, 9.17) is 0 Å². The SMILES string of the molecule is [Al+3].[Al+3].[O-2].[O-2].[O-2].[O-2].[O-2].[Zr+4]. The van der Waals surface area contributed by atoms with Crippen LogP contribution in [0.2, 0.25) is 0 Å². The zero-order valence-corrected chi connectivity index (χ0v) is 8.46. The van der Waals surface area contributed by atoms with Gasteiger partial charge in [0.05, 0.1) is 0 Å². The van der Waals surface area contributed by atoms with E-state index in [2.05, 4.69) is 0 Å². The Balaban J connectivity index is 0. The first-order valence-corrected chi connectivity index (χ1v) is 0. The molecule has 0 fully saturated rings. The number of hydrogen-bond acceptors (Lipinski definition) is 0. The quantitative estimate of drug-likeness (QED) is 0.449. The Bertz CT molecular complexity index is 10.4. The summed E-state index contributed by atoms with van der Waals surface area (Å²) in [6, 6.07) is 0. The molecule has 5 nitrogen and oxygen atoms in total. The standard InChI is InChI=1S/2Al.5O.Zr/q2*+3;5*-2;+4. The molecule has 0 aliphatic carbocycles. The molecule has 0 aromatic carbocycles. The van der Waals surface area contributed by atoms with Crippen molar-refractivity contribution in [1.29, 1.82) is 0 Å². The predicted molar refractivity (Wildman–Crippen MR) is 14.9 cm³/mol. The predicted octanol–water partition coefficient (Wildman–Crippen LogP) is -1.36. The molecule has 40 valence electrons. The summed E-state index contributed by atoms with van der Waals surface area (Å²) in [6.07, 6.45) is 0. The van der Waals surface area contributed by atoms with Crippen molar-refractivity contribution in [3.63, 3.8) is 0 Å². The minimum atomic E-state index is 0.